The highest BCUT2D eigenvalue weighted by Crippen LogP contribution is 2.26. The van der Waals surface area contributed by atoms with Crippen molar-refractivity contribution in [2.75, 3.05) is 5.32 Å². The third-order valence-corrected chi connectivity index (χ3v) is 4.44. The fraction of sp³-hybridized carbons (Fsp3) is 0.105. The average molecular weight is 344 g/mol. The van der Waals surface area contributed by atoms with E-state index in [1.807, 2.05) is 42.5 Å². The molecule has 0 aromatic heterocycles. The first-order chi connectivity index (χ1) is 11.1. The summed E-state index contributed by atoms with van der Waals surface area (Å²) in [6.45, 7) is 0. The van der Waals surface area contributed by atoms with Crippen molar-refractivity contribution in [2.45, 2.75) is 12.8 Å². The summed E-state index contributed by atoms with van der Waals surface area (Å²) in [5, 5.41) is 6.28. The Morgan fingerprint density at radius 3 is 2.30 bits per heavy atom. The van der Waals surface area contributed by atoms with Crippen molar-refractivity contribution >= 4 is 45.6 Å². The molecular weight excluding hydrogens is 329 g/mol. The predicted molar refractivity (Wildman–Crippen MR) is 97.4 cm³/mol. The van der Waals surface area contributed by atoms with Gasteiger partial charge in [0.2, 0.25) is 5.91 Å². The fourth-order valence-corrected chi connectivity index (χ4v) is 3.14. The number of rotatable bonds is 4. The van der Waals surface area contributed by atoms with Gasteiger partial charge in [-0.3, -0.25) is 4.79 Å². The van der Waals surface area contributed by atoms with Gasteiger partial charge >= 0.3 is 0 Å². The maximum absolute atomic E-state index is 12.3. The number of carbonyl (C=O) groups excluding carboxylic acids is 1. The summed E-state index contributed by atoms with van der Waals surface area (Å²) in [6.07, 6.45) is 0.835. The quantitative estimate of drug-likeness (QED) is 0.644. The number of hydrogen-bond acceptors (Lipinski definition) is 1. The molecule has 0 saturated heterocycles. The van der Waals surface area contributed by atoms with Gasteiger partial charge in [-0.2, -0.15) is 0 Å². The fourth-order valence-electron chi connectivity index (χ4n) is 2.56. The molecule has 0 aliphatic heterocycles. The maximum Gasteiger partial charge on any atom is 0.224 e. The van der Waals surface area contributed by atoms with Crippen LogP contribution in [0, 0.1) is 0 Å². The molecule has 0 radical (unpaired) electrons. The molecule has 3 rings (SSSR count). The average Bonchev–Trinajstić information content (AvgIpc) is 2.55. The molecule has 2 nitrogen and oxygen atoms in total. The number of nitrogens with one attached hydrogen (secondary N) is 1. The third-order valence-electron chi connectivity index (χ3n) is 3.73. The van der Waals surface area contributed by atoms with Gasteiger partial charge in [0.25, 0.3) is 0 Å². The van der Waals surface area contributed by atoms with Crippen molar-refractivity contribution in [1.29, 1.82) is 0 Å². The van der Waals surface area contributed by atoms with Gasteiger partial charge in [0, 0.05) is 27.5 Å². The first kappa shape index (κ1) is 15.9. The van der Waals surface area contributed by atoms with Crippen LogP contribution in [0.25, 0.3) is 10.8 Å². The lowest BCUT2D eigenvalue weighted by Crippen LogP contribution is -2.12. The van der Waals surface area contributed by atoms with E-state index in [0.29, 0.717) is 22.9 Å². The van der Waals surface area contributed by atoms with Crippen molar-refractivity contribution in [3.63, 3.8) is 0 Å². The van der Waals surface area contributed by atoms with Crippen LogP contribution in [0.4, 0.5) is 5.69 Å². The molecule has 0 spiro atoms. The Morgan fingerprint density at radius 2 is 1.52 bits per heavy atom. The minimum atomic E-state index is -0.0580. The number of benzene rings is 3. The van der Waals surface area contributed by atoms with E-state index in [4.69, 9.17) is 23.2 Å². The van der Waals surface area contributed by atoms with Crippen LogP contribution in [0.1, 0.15) is 12.0 Å². The maximum atomic E-state index is 12.3. The van der Waals surface area contributed by atoms with Crippen molar-refractivity contribution in [2.24, 2.45) is 0 Å². The van der Waals surface area contributed by atoms with Crippen molar-refractivity contribution < 1.29 is 4.79 Å². The van der Waals surface area contributed by atoms with E-state index in [-0.39, 0.29) is 5.91 Å². The SMILES string of the molecule is O=C(CCc1c(Cl)cccc1Cl)Nc1cccc2ccccc12. The number of amides is 1. The molecule has 23 heavy (non-hydrogen) atoms. The summed E-state index contributed by atoms with van der Waals surface area (Å²) < 4.78 is 0. The van der Waals surface area contributed by atoms with Crippen LogP contribution >= 0.6 is 23.2 Å². The molecule has 0 aliphatic carbocycles. The van der Waals surface area contributed by atoms with Crippen molar-refractivity contribution in [1.82, 2.24) is 0 Å². The van der Waals surface area contributed by atoms with Gasteiger partial charge < -0.3 is 5.32 Å². The van der Waals surface area contributed by atoms with Crippen LogP contribution in [-0.4, -0.2) is 5.91 Å². The lowest BCUT2D eigenvalue weighted by atomic mass is 10.1. The van der Waals surface area contributed by atoms with Crippen LogP contribution in [0.15, 0.2) is 60.7 Å². The lowest BCUT2D eigenvalue weighted by molar-refractivity contribution is -0.116. The van der Waals surface area contributed by atoms with E-state index in [1.165, 1.54) is 0 Å². The number of hydrogen-bond donors (Lipinski definition) is 1. The van der Waals surface area contributed by atoms with E-state index in [1.54, 1.807) is 18.2 Å². The van der Waals surface area contributed by atoms with E-state index in [2.05, 4.69) is 5.32 Å². The molecule has 0 aliphatic rings. The molecule has 0 bridgehead atoms. The van der Waals surface area contributed by atoms with Gasteiger partial charge in [-0.1, -0.05) is 65.7 Å². The second-order valence-corrected chi connectivity index (χ2v) is 6.09. The van der Waals surface area contributed by atoms with Crippen LogP contribution in [0.2, 0.25) is 10.0 Å². The van der Waals surface area contributed by atoms with E-state index in [9.17, 15) is 4.79 Å². The van der Waals surface area contributed by atoms with E-state index < -0.39 is 0 Å². The first-order valence-corrected chi connectivity index (χ1v) is 8.11. The molecule has 0 heterocycles. The Balaban J connectivity index is 1.72. The van der Waals surface area contributed by atoms with Gasteiger partial charge in [0.1, 0.15) is 0 Å². The second-order valence-electron chi connectivity index (χ2n) is 5.28. The first-order valence-electron chi connectivity index (χ1n) is 7.35. The molecule has 3 aromatic carbocycles. The lowest BCUT2D eigenvalue weighted by Gasteiger charge is -2.10. The molecule has 0 unspecified atom stereocenters. The number of halogens is 2. The normalized spacial score (nSPS) is 10.7. The Labute approximate surface area is 145 Å². The van der Waals surface area contributed by atoms with Gasteiger partial charge in [-0.05, 0) is 35.6 Å². The summed E-state index contributed by atoms with van der Waals surface area (Å²) in [5.74, 6) is -0.0580. The zero-order valence-electron chi connectivity index (χ0n) is 12.4. The highest BCUT2D eigenvalue weighted by atomic mass is 35.5. The summed E-state index contributed by atoms with van der Waals surface area (Å²) >= 11 is 12.3. The highest BCUT2D eigenvalue weighted by molar-refractivity contribution is 6.36. The summed E-state index contributed by atoms with van der Waals surface area (Å²) in [4.78, 5) is 12.3. The van der Waals surface area contributed by atoms with Crippen LogP contribution < -0.4 is 5.32 Å². The Kier molecular flexibility index (Phi) is 4.85. The Hall–Kier alpha value is -2.03. The van der Waals surface area contributed by atoms with Crippen LogP contribution in [0.3, 0.4) is 0 Å². The zero-order valence-corrected chi connectivity index (χ0v) is 13.9. The largest absolute Gasteiger partial charge is 0.326 e. The number of anilines is 1. The molecule has 3 aromatic rings. The van der Waals surface area contributed by atoms with Crippen molar-refractivity contribution in [3.8, 4) is 0 Å². The Bertz CT molecular complexity index is 835. The molecule has 1 N–H and O–H groups in total. The van der Waals surface area contributed by atoms with E-state index in [0.717, 1.165) is 22.0 Å². The van der Waals surface area contributed by atoms with Crippen LogP contribution in [-0.2, 0) is 11.2 Å². The molecule has 0 atom stereocenters. The minimum absolute atomic E-state index is 0.0580. The smallest absolute Gasteiger partial charge is 0.224 e. The monoisotopic (exact) mass is 343 g/mol. The molecule has 4 heteroatoms. The van der Waals surface area contributed by atoms with E-state index >= 15 is 0 Å². The zero-order chi connectivity index (χ0) is 16.2. The second kappa shape index (κ2) is 7.03. The Morgan fingerprint density at radius 1 is 0.870 bits per heavy atom. The highest BCUT2D eigenvalue weighted by Gasteiger charge is 2.10. The van der Waals surface area contributed by atoms with Gasteiger partial charge in [-0.15, -0.1) is 0 Å². The molecular formula is C19H15Cl2NO. The summed E-state index contributed by atoms with van der Waals surface area (Å²) in [6, 6.07) is 19.2. The molecule has 0 fully saturated rings. The van der Waals surface area contributed by atoms with Gasteiger partial charge in [0.15, 0.2) is 0 Å². The predicted octanol–water partition coefficient (Wildman–Crippen LogP) is 5.72. The topological polar surface area (TPSA) is 29.1 Å². The molecule has 116 valence electrons. The van der Waals surface area contributed by atoms with Gasteiger partial charge in [-0.25, -0.2) is 0 Å². The molecule has 0 saturated carbocycles. The summed E-state index contributed by atoms with van der Waals surface area (Å²) in [5.41, 5.74) is 1.63. The van der Waals surface area contributed by atoms with Gasteiger partial charge in [0.05, 0.1) is 0 Å². The number of carbonyl (C=O) groups is 1. The minimum Gasteiger partial charge on any atom is -0.326 e. The molecule has 1 amide bonds. The standard InChI is InChI=1S/C19H15Cl2NO/c20-16-8-4-9-17(21)15(16)11-12-19(23)22-18-10-3-6-13-5-1-2-7-14(13)18/h1-10H,11-12H2,(H,22,23). The summed E-state index contributed by atoms with van der Waals surface area (Å²) in [7, 11) is 0. The van der Waals surface area contributed by atoms with Crippen LogP contribution in [0.5, 0.6) is 0 Å². The number of fused-ring (bicyclic) bond motifs is 1. The third kappa shape index (κ3) is 3.66. The van der Waals surface area contributed by atoms with Crippen molar-refractivity contribution in [3.05, 3.63) is 76.3 Å².